The topological polar surface area (TPSA) is 156 Å². The van der Waals surface area contributed by atoms with Crippen LogP contribution in [0.1, 0.15) is 188 Å². The Morgan fingerprint density at radius 2 is 0.540 bits per heavy atom. The van der Waals surface area contributed by atoms with Gasteiger partial charge >= 0.3 is 0 Å². The van der Waals surface area contributed by atoms with Crippen LogP contribution < -0.4 is 0 Å². The maximum absolute atomic E-state index is 8.34. The Morgan fingerprint density at radius 3 is 0.847 bits per heavy atom. The Kier molecular flexibility index (Phi) is 35.4. The normalized spacial score (nSPS) is 12.4. The van der Waals surface area contributed by atoms with Gasteiger partial charge in [0.1, 0.15) is 22.3 Å². The van der Waals surface area contributed by atoms with Crippen molar-refractivity contribution in [2.75, 3.05) is 0 Å². The van der Waals surface area contributed by atoms with Gasteiger partial charge in [-0.15, -0.1) is 216 Å². The molecule has 760 valence electrons. The predicted molar refractivity (Wildman–Crippen MR) is 601 cm³/mol. The van der Waals surface area contributed by atoms with E-state index >= 15 is 0 Å². The number of para-hydroxylation sites is 4. The third-order valence-electron chi connectivity index (χ3n) is 24.9. The molecule has 12 nitrogen and oxygen atoms in total. The van der Waals surface area contributed by atoms with Crippen LogP contribution in [0.5, 0.6) is 0 Å². The van der Waals surface area contributed by atoms with Crippen LogP contribution in [-0.2, 0) is 80.4 Å². The molecule has 0 aliphatic heterocycles. The van der Waals surface area contributed by atoms with Gasteiger partial charge in [-0.05, 0) is 178 Å². The van der Waals surface area contributed by atoms with Gasteiger partial charge in [0.2, 0.25) is 0 Å². The first-order chi connectivity index (χ1) is 75.0. The van der Waals surface area contributed by atoms with Crippen molar-refractivity contribution in [2.45, 2.75) is 146 Å². The summed E-state index contributed by atoms with van der Waals surface area (Å²) in [5.74, 6) is 0.421. The first-order valence-electron chi connectivity index (χ1n) is 53.9. The second-order valence-corrected chi connectivity index (χ2v) is 36.9. The quantitative estimate of drug-likeness (QED) is 0.0951. The molecule has 24 rings (SSSR count). The monoisotopic (exact) mass is 2680 g/mol. The van der Waals surface area contributed by atoms with E-state index in [1.807, 2.05) is 269 Å². The number of benzene rings is 12. The zero-order valence-electron chi connectivity index (χ0n) is 95.2. The molecule has 16 heteroatoms. The first-order valence-corrected chi connectivity index (χ1v) is 48.9. The summed E-state index contributed by atoms with van der Waals surface area (Å²) in [7, 11) is 0. The maximum atomic E-state index is 8.34. The summed E-state index contributed by atoms with van der Waals surface area (Å²) in [6, 6.07) is 132. The number of nitrogens with zero attached hydrogens (tertiary/aromatic N) is 8. The summed E-state index contributed by atoms with van der Waals surface area (Å²) < 4.78 is 101. The van der Waals surface area contributed by atoms with E-state index in [2.05, 4.69) is 243 Å². The Balaban J connectivity index is 0.000000152. The molecule has 4 radical (unpaired) electrons. The van der Waals surface area contributed by atoms with Crippen molar-refractivity contribution in [3.8, 4) is 90.1 Å². The van der Waals surface area contributed by atoms with E-state index in [0.29, 0.717) is 51.9 Å². The second kappa shape index (κ2) is 53.7. The van der Waals surface area contributed by atoms with Crippen molar-refractivity contribution in [3.63, 3.8) is 0 Å². The number of aromatic nitrogens is 8. The van der Waals surface area contributed by atoms with Gasteiger partial charge in [0.25, 0.3) is 0 Å². The van der Waals surface area contributed by atoms with E-state index in [4.69, 9.17) is 31.4 Å². The standard InChI is InChI=1S/C21H18NO.2C20H16NO.C18H12NO.3C14H14N.C13H12N.4Ir/c1-13(2)18-12-22-19(11-14(18)3)17-9-6-8-16-15-7-4-5-10-20(15)23-21(16)17;1-13(2)14-10-11-21-18(12-14)17-8-5-7-16-15-6-3-4-9-19(15)22-20(16)17;1-13(2)14-10-11-18(21-12-14)17-8-5-7-16-15-6-3-4-9-19(15)22-20(16)17;1-12-9-10-16(19-11-12)15-7-4-6-14-13-5-2-3-8-17(13)20-18(14)15;3*1-11(2)13-8-9-14(15-10-13)12-6-4-3-5-7-12;1-10-8-13(14-9-11(10)2)12-6-4-3-5-7-12;;;;/h4-8,10-13H,1-3H3;2*3-7,9-13H,1-2H3;2-6,8-11H,1H3;3*3-6,8-11H,1-2H3;3-6,8-9H,1-2H3;;;;/q8*-1;;;;/i1D3,3D3,13D;;;;;;;2D3;;;;. The molecule has 0 amide bonds. The SMILES string of the molecule is CC(C)c1ccc(-c2[c-]ccc3c2oc2ccccc23)nc1.CC(C)c1ccc(-c2[c-]cccc2)nc1.CC(C)c1ccc(-c2[c-]cccc2)nc1.CC(C)c1ccc(-c2[c-]cccc2)nc1.CC(C)c1ccnc(-c2[c-]ccc3c2oc2ccccc23)c1.Cc1ccc(-c2[c-]ccc3c2oc2ccccc23)nc1.[2H]C([2H])([2H])c1cc(-c2[c-]ccc3c2oc2ccccc23)ncc1C([2H])(C)C([2H])([2H])[2H].[2H]C([2H])([2H])c1cnc(-c2[c-]cccc2)cc1C.[Ir].[Ir].[Ir].[Ir]. The molecule has 0 spiro atoms. The van der Waals surface area contributed by atoms with Gasteiger partial charge in [0.15, 0.2) is 0 Å². The van der Waals surface area contributed by atoms with Crippen molar-refractivity contribution in [1.82, 2.24) is 39.9 Å². The zero-order chi connectivity index (χ0) is 110. The summed E-state index contributed by atoms with van der Waals surface area (Å²) in [6.45, 7) is 19.3. The summed E-state index contributed by atoms with van der Waals surface area (Å²) in [4.78, 5) is 35.4. The summed E-state index contributed by atoms with van der Waals surface area (Å²) in [5.41, 5.74) is 28.5. The molecule has 0 aliphatic carbocycles. The Morgan fingerprint density at radius 1 is 0.240 bits per heavy atom. The molecule has 1 atom stereocenters. The van der Waals surface area contributed by atoms with Crippen LogP contribution in [-0.4, -0.2) is 39.9 Å². The van der Waals surface area contributed by atoms with E-state index in [-0.39, 0.29) is 97.2 Å². The molecule has 0 fully saturated rings. The minimum absolute atomic E-state index is 0. The molecule has 1 unspecified atom stereocenters. The van der Waals surface area contributed by atoms with Crippen LogP contribution >= 0.6 is 0 Å². The fraction of sp³-hybridized carbons (Fsp3) is 0.164. The molecule has 150 heavy (non-hydrogen) atoms. The number of fused-ring (bicyclic) bond motifs is 12. The summed E-state index contributed by atoms with van der Waals surface area (Å²) in [6.07, 6.45) is 14.1. The van der Waals surface area contributed by atoms with Crippen LogP contribution in [0, 0.1) is 76.1 Å². The fourth-order valence-electron chi connectivity index (χ4n) is 16.5. The van der Waals surface area contributed by atoms with Crippen molar-refractivity contribution in [2.24, 2.45) is 0 Å². The van der Waals surface area contributed by atoms with Gasteiger partial charge < -0.3 is 57.5 Å². The van der Waals surface area contributed by atoms with E-state index < -0.39 is 26.4 Å². The first kappa shape index (κ1) is 98.9. The molecule has 0 N–H and O–H groups in total. The number of aryl methyl sites for hydroxylation is 4. The smallest absolute Gasteiger partial charge is 0.120 e. The number of furan rings is 4. The molecule has 0 bridgehead atoms. The van der Waals surface area contributed by atoms with Gasteiger partial charge in [0.05, 0.1) is 22.3 Å². The van der Waals surface area contributed by atoms with Gasteiger partial charge in [-0.25, -0.2) is 0 Å². The minimum atomic E-state index is -2.72. The number of hydrogen-bond donors (Lipinski definition) is 0. The van der Waals surface area contributed by atoms with E-state index in [9.17, 15) is 0 Å². The van der Waals surface area contributed by atoms with Gasteiger partial charge in [0, 0.05) is 165 Å². The van der Waals surface area contributed by atoms with Crippen molar-refractivity contribution in [3.05, 3.63) is 481 Å². The van der Waals surface area contributed by atoms with E-state index in [1.165, 1.54) is 53.2 Å². The van der Waals surface area contributed by atoms with Crippen LogP contribution in [0.25, 0.3) is 178 Å². The number of hydrogen-bond acceptors (Lipinski definition) is 12. The predicted octanol–water partition coefficient (Wildman–Crippen LogP) is 36.0. The van der Waals surface area contributed by atoms with Crippen molar-refractivity contribution < 1.29 is 112 Å². The Hall–Kier alpha value is -14.4. The number of rotatable bonds is 14. The van der Waals surface area contributed by atoms with E-state index in [1.54, 1.807) is 19.1 Å². The third-order valence-corrected chi connectivity index (χ3v) is 24.9. The zero-order valence-corrected chi connectivity index (χ0v) is 94.8. The molecule has 24 aromatic rings. The van der Waals surface area contributed by atoms with Gasteiger partial charge in [-0.3, -0.25) is 0 Å². The van der Waals surface area contributed by atoms with Crippen LogP contribution in [0.15, 0.2) is 395 Å². The van der Waals surface area contributed by atoms with Crippen molar-refractivity contribution >= 4 is 87.8 Å². The molecular formula is C134H116Ir4N8O4-8. The summed E-state index contributed by atoms with van der Waals surface area (Å²) in [5, 5.41) is 8.48. The molecule has 12 heterocycles. The molecule has 12 aromatic heterocycles. The molecular weight excluding hydrogens is 2550 g/mol. The molecule has 0 aliphatic rings. The van der Waals surface area contributed by atoms with Crippen LogP contribution in [0.2, 0.25) is 0 Å². The average molecular weight is 2680 g/mol. The minimum Gasteiger partial charge on any atom is -0.501 e. The van der Waals surface area contributed by atoms with Crippen LogP contribution in [0.4, 0.5) is 0 Å². The van der Waals surface area contributed by atoms with Crippen LogP contribution in [0.3, 0.4) is 0 Å². The van der Waals surface area contributed by atoms with E-state index in [0.717, 1.165) is 167 Å². The molecule has 12 aromatic carbocycles. The fourth-order valence-corrected chi connectivity index (χ4v) is 16.5. The van der Waals surface area contributed by atoms with Gasteiger partial charge in [-0.1, -0.05) is 295 Å². The van der Waals surface area contributed by atoms with Gasteiger partial charge in [-0.2, -0.15) is 0 Å². The summed E-state index contributed by atoms with van der Waals surface area (Å²) >= 11 is 0. The Labute approximate surface area is 949 Å². The average Bonchev–Trinajstić information content (AvgIpc) is 1.44. The van der Waals surface area contributed by atoms with Crippen molar-refractivity contribution in [1.29, 1.82) is 0 Å². The second-order valence-electron chi connectivity index (χ2n) is 36.9. The maximum Gasteiger partial charge on any atom is 0.120 e. The Bertz CT molecular complexity index is 8700. The largest absolute Gasteiger partial charge is 0.501 e. The molecule has 0 saturated carbocycles. The third kappa shape index (κ3) is 27.6. The molecule has 0 saturated heterocycles. The number of pyridine rings is 8.